The van der Waals surface area contributed by atoms with Gasteiger partial charge in [-0.3, -0.25) is 4.79 Å². The van der Waals surface area contributed by atoms with Crippen LogP contribution < -0.4 is 10.9 Å². The largest absolute Gasteiger partial charge is 0.383 e. The van der Waals surface area contributed by atoms with Gasteiger partial charge in [0.15, 0.2) is 0 Å². The highest BCUT2D eigenvalue weighted by atomic mass is 16.5. The second kappa shape index (κ2) is 5.39. The predicted molar refractivity (Wildman–Crippen MR) is 54.6 cm³/mol. The van der Waals surface area contributed by atoms with E-state index in [0.717, 1.165) is 6.42 Å². The Labute approximate surface area is 82.5 Å². The van der Waals surface area contributed by atoms with Crippen molar-refractivity contribution in [2.24, 2.45) is 0 Å². The zero-order valence-electron chi connectivity index (χ0n) is 8.46. The average molecular weight is 197 g/mol. The molecule has 0 saturated carbocycles. The molecule has 0 aliphatic rings. The number of rotatable bonds is 5. The van der Waals surface area contributed by atoms with Crippen molar-refractivity contribution in [2.45, 2.75) is 13.3 Å². The van der Waals surface area contributed by atoms with Gasteiger partial charge in [-0.2, -0.15) is 0 Å². The molecule has 0 atom stereocenters. The molecule has 0 amide bonds. The molecule has 1 heterocycles. The first-order chi connectivity index (χ1) is 6.76. The van der Waals surface area contributed by atoms with Gasteiger partial charge in [-0.25, -0.2) is 4.98 Å². The van der Waals surface area contributed by atoms with Gasteiger partial charge in [0.2, 0.25) is 0 Å². The summed E-state index contributed by atoms with van der Waals surface area (Å²) < 4.78 is 4.87. The maximum absolute atomic E-state index is 11.1. The van der Waals surface area contributed by atoms with E-state index in [1.165, 1.54) is 6.07 Å². The quantitative estimate of drug-likeness (QED) is 0.670. The highest BCUT2D eigenvalue weighted by molar-refractivity contribution is 5.32. The van der Waals surface area contributed by atoms with Gasteiger partial charge in [0.25, 0.3) is 5.56 Å². The molecule has 0 saturated heterocycles. The monoisotopic (exact) mass is 197 g/mol. The molecule has 0 aliphatic heterocycles. The first-order valence-corrected chi connectivity index (χ1v) is 4.59. The Morgan fingerprint density at radius 3 is 3.07 bits per heavy atom. The normalized spacial score (nSPS) is 10.1. The van der Waals surface area contributed by atoms with Gasteiger partial charge in [-0.05, 0) is 0 Å². The lowest BCUT2D eigenvalue weighted by atomic mass is 10.4. The topological polar surface area (TPSA) is 67.0 Å². The van der Waals surface area contributed by atoms with E-state index in [0.29, 0.717) is 24.8 Å². The number of nitrogens with zero attached hydrogens (tertiary/aromatic N) is 1. The van der Waals surface area contributed by atoms with Crippen molar-refractivity contribution in [1.29, 1.82) is 0 Å². The molecule has 0 radical (unpaired) electrons. The summed E-state index contributed by atoms with van der Waals surface area (Å²) in [6.07, 6.45) is 0.717. The summed E-state index contributed by atoms with van der Waals surface area (Å²) in [6, 6.07) is 1.44. The Balaban J connectivity index is 2.67. The second-order valence-electron chi connectivity index (χ2n) is 2.85. The Kier molecular flexibility index (Phi) is 4.12. The number of hydrogen-bond donors (Lipinski definition) is 2. The Morgan fingerprint density at radius 1 is 1.64 bits per heavy atom. The first-order valence-electron chi connectivity index (χ1n) is 4.59. The van der Waals surface area contributed by atoms with Crippen LogP contribution in [0, 0.1) is 0 Å². The van der Waals surface area contributed by atoms with Crippen LogP contribution in [0.4, 0.5) is 5.82 Å². The maximum Gasteiger partial charge on any atom is 0.252 e. The molecule has 14 heavy (non-hydrogen) atoms. The van der Waals surface area contributed by atoms with Gasteiger partial charge in [0.1, 0.15) is 11.6 Å². The molecule has 2 N–H and O–H groups in total. The SMILES string of the molecule is CCc1nc(NCCOC)cc(=O)[nH]1. The molecule has 1 rings (SSSR count). The molecule has 0 aliphatic carbocycles. The van der Waals surface area contributed by atoms with Crippen LogP contribution in [0.5, 0.6) is 0 Å². The van der Waals surface area contributed by atoms with E-state index in [4.69, 9.17) is 4.74 Å². The molecule has 5 heteroatoms. The van der Waals surface area contributed by atoms with E-state index in [-0.39, 0.29) is 5.56 Å². The molecule has 1 aromatic heterocycles. The molecule has 0 spiro atoms. The van der Waals surface area contributed by atoms with Gasteiger partial charge in [-0.1, -0.05) is 6.92 Å². The Morgan fingerprint density at radius 2 is 2.43 bits per heavy atom. The molecule has 1 aromatic rings. The van der Waals surface area contributed by atoms with Crippen LogP contribution in [-0.2, 0) is 11.2 Å². The molecule has 5 nitrogen and oxygen atoms in total. The van der Waals surface area contributed by atoms with Gasteiger partial charge in [0.05, 0.1) is 6.61 Å². The number of anilines is 1. The van der Waals surface area contributed by atoms with E-state index in [1.54, 1.807) is 7.11 Å². The van der Waals surface area contributed by atoms with Crippen LogP contribution in [0.15, 0.2) is 10.9 Å². The zero-order chi connectivity index (χ0) is 10.4. The maximum atomic E-state index is 11.1. The van der Waals surface area contributed by atoms with Crippen LogP contribution in [0.3, 0.4) is 0 Å². The van der Waals surface area contributed by atoms with Crippen molar-refractivity contribution < 1.29 is 4.74 Å². The third-order valence-electron chi connectivity index (χ3n) is 1.74. The summed E-state index contributed by atoms with van der Waals surface area (Å²) in [4.78, 5) is 18.0. The second-order valence-corrected chi connectivity index (χ2v) is 2.85. The molecule has 0 fully saturated rings. The van der Waals surface area contributed by atoms with Crippen molar-refractivity contribution in [2.75, 3.05) is 25.6 Å². The lowest BCUT2D eigenvalue weighted by Crippen LogP contribution is -2.15. The number of ether oxygens (including phenoxy) is 1. The predicted octanol–water partition coefficient (Wildman–Crippen LogP) is 0.391. The number of aromatic amines is 1. The molecular weight excluding hydrogens is 182 g/mol. The van der Waals surface area contributed by atoms with Crippen molar-refractivity contribution >= 4 is 5.82 Å². The lowest BCUT2D eigenvalue weighted by Gasteiger charge is -2.05. The van der Waals surface area contributed by atoms with Crippen LogP contribution >= 0.6 is 0 Å². The fraction of sp³-hybridized carbons (Fsp3) is 0.556. The van der Waals surface area contributed by atoms with E-state index in [9.17, 15) is 4.79 Å². The molecule has 0 bridgehead atoms. The minimum atomic E-state index is -0.128. The number of aromatic nitrogens is 2. The third-order valence-corrected chi connectivity index (χ3v) is 1.74. The molecule has 0 unspecified atom stereocenters. The fourth-order valence-corrected chi connectivity index (χ4v) is 1.05. The highest BCUT2D eigenvalue weighted by Crippen LogP contribution is 1.98. The lowest BCUT2D eigenvalue weighted by molar-refractivity contribution is 0.210. The van der Waals surface area contributed by atoms with Crippen LogP contribution in [0.25, 0.3) is 0 Å². The van der Waals surface area contributed by atoms with Crippen LogP contribution in [0.1, 0.15) is 12.7 Å². The molecule has 78 valence electrons. The number of hydrogen-bond acceptors (Lipinski definition) is 4. The zero-order valence-corrected chi connectivity index (χ0v) is 8.46. The summed E-state index contributed by atoms with van der Waals surface area (Å²) in [5.41, 5.74) is -0.128. The fourth-order valence-electron chi connectivity index (χ4n) is 1.05. The molecular formula is C9H15N3O2. The minimum absolute atomic E-state index is 0.128. The van der Waals surface area contributed by atoms with E-state index < -0.39 is 0 Å². The van der Waals surface area contributed by atoms with Gasteiger partial charge in [-0.15, -0.1) is 0 Å². The minimum Gasteiger partial charge on any atom is -0.383 e. The third kappa shape index (κ3) is 3.18. The summed E-state index contributed by atoms with van der Waals surface area (Å²) >= 11 is 0. The standard InChI is InChI=1S/C9H15N3O2/c1-3-7-11-8(6-9(13)12-7)10-4-5-14-2/h6H,3-5H2,1-2H3,(H2,10,11,12,13). The van der Waals surface area contributed by atoms with E-state index in [2.05, 4.69) is 15.3 Å². The Hall–Kier alpha value is -1.36. The van der Waals surface area contributed by atoms with E-state index in [1.807, 2.05) is 6.92 Å². The number of aryl methyl sites for hydroxylation is 1. The first kappa shape index (κ1) is 10.7. The highest BCUT2D eigenvalue weighted by Gasteiger charge is 1.98. The number of H-pyrrole nitrogens is 1. The van der Waals surface area contributed by atoms with Crippen LogP contribution in [-0.4, -0.2) is 30.2 Å². The summed E-state index contributed by atoms with van der Waals surface area (Å²) in [5, 5.41) is 3.00. The number of nitrogens with one attached hydrogen (secondary N) is 2. The molecule has 0 aromatic carbocycles. The Bertz CT molecular complexity index is 335. The smallest absolute Gasteiger partial charge is 0.252 e. The summed E-state index contributed by atoms with van der Waals surface area (Å²) in [7, 11) is 1.63. The van der Waals surface area contributed by atoms with Crippen molar-refractivity contribution in [1.82, 2.24) is 9.97 Å². The van der Waals surface area contributed by atoms with Crippen molar-refractivity contribution in [3.63, 3.8) is 0 Å². The van der Waals surface area contributed by atoms with Gasteiger partial charge < -0.3 is 15.0 Å². The van der Waals surface area contributed by atoms with Crippen molar-refractivity contribution in [3.8, 4) is 0 Å². The number of methoxy groups -OCH3 is 1. The van der Waals surface area contributed by atoms with E-state index >= 15 is 0 Å². The van der Waals surface area contributed by atoms with Crippen molar-refractivity contribution in [3.05, 3.63) is 22.2 Å². The summed E-state index contributed by atoms with van der Waals surface area (Å²) in [6.45, 7) is 3.18. The van der Waals surface area contributed by atoms with Crippen LogP contribution in [0.2, 0.25) is 0 Å². The van der Waals surface area contributed by atoms with Gasteiger partial charge >= 0.3 is 0 Å². The average Bonchev–Trinajstić information content (AvgIpc) is 2.17. The summed E-state index contributed by atoms with van der Waals surface area (Å²) in [5.74, 6) is 1.29. The van der Waals surface area contributed by atoms with Gasteiger partial charge in [0, 0.05) is 26.1 Å².